The highest BCUT2D eigenvalue weighted by Gasteiger charge is 2.14. The molecule has 3 aromatic rings. The molecule has 0 aliphatic carbocycles. The van der Waals surface area contributed by atoms with Gasteiger partial charge in [0.1, 0.15) is 5.75 Å². The summed E-state index contributed by atoms with van der Waals surface area (Å²) in [6.07, 6.45) is 0.256. The molecule has 124 valence electrons. The van der Waals surface area contributed by atoms with Gasteiger partial charge in [-0.15, -0.1) is 11.3 Å². The molecule has 0 saturated heterocycles. The molecule has 1 amide bonds. The molecule has 0 aliphatic heterocycles. The van der Waals surface area contributed by atoms with Crippen molar-refractivity contribution in [3.63, 3.8) is 0 Å². The van der Waals surface area contributed by atoms with Crippen molar-refractivity contribution in [2.24, 2.45) is 0 Å². The first-order valence-electron chi connectivity index (χ1n) is 7.28. The van der Waals surface area contributed by atoms with Crippen LogP contribution in [-0.4, -0.2) is 22.5 Å². The number of carbonyl (C=O) groups is 1. The van der Waals surface area contributed by atoms with Crippen LogP contribution in [0.5, 0.6) is 5.75 Å². The Morgan fingerprint density at radius 1 is 1.29 bits per heavy atom. The molecule has 2 heterocycles. The topological polar surface area (TPSA) is 90.1 Å². The Hall–Kier alpha value is -2.45. The number of aryl methyl sites for hydroxylation is 1. The van der Waals surface area contributed by atoms with Crippen LogP contribution < -0.4 is 15.8 Å². The lowest BCUT2D eigenvalue weighted by atomic mass is 10.3. The van der Waals surface area contributed by atoms with E-state index >= 15 is 0 Å². The summed E-state index contributed by atoms with van der Waals surface area (Å²) in [7, 11) is 0. The number of nitrogens with one attached hydrogen (secondary N) is 1. The number of ether oxygens (including phenoxy) is 1. The number of hydrogen-bond acceptors (Lipinski definition) is 7. The average molecular weight is 360 g/mol. The number of rotatable bonds is 6. The summed E-state index contributed by atoms with van der Waals surface area (Å²) in [6.45, 7) is 2.20. The van der Waals surface area contributed by atoms with Crippen molar-refractivity contribution in [2.45, 2.75) is 13.3 Å². The molecular formula is C16H16N4O2S2. The summed E-state index contributed by atoms with van der Waals surface area (Å²) in [5.41, 5.74) is 7.28. The minimum Gasteiger partial charge on any atom is -0.493 e. The van der Waals surface area contributed by atoms with E-state index in [9.17, 15) is 4.79 Å². The quantitative estimate of drug-likeness (QED) is 0.701. The smallest absolute Gasteiger partial charge is 0.229 e. The highest BCUT2D eigenvalue weighted by molar-refractivity contribution is 7.19. The van der Waals surface area contributed by atoms with Gasteiger partial charge in [0.2, 0.25) is 5.91 Å². The van der Waals surface area contributed by atoms with E-state index in [-0.39, 0.29) is 12.3 Å². The molecule has 0 radical (unpaired) electrons. The summed E-state index contributed by atoms with van der Waals surface area (Å²) >= 11 is 2.77. The van der Waals surface area contributed by atoms with Crippen LogP contribution in [0.15, 0.2) is 35.7 Å². The number of thiazole rings is 2. The summed E-state index contributed by atoms with van der Waals surface area (Å²) in [5.74, 6) is 0.614. The maximum atomic E-state index is 12.0. The first kappa shape index (κ1) is 16.4. The minimum atomic E-state index is -0.135. The lowest BCUT2D eigenvalue weighted by Crippen LogP contribution is -2.15. The van der Waals surface area contributed by atoms with E-state index in [0.29, 0.717) is 16.9 Å². The molecule has 1 aromatic carbocycles. The van der Waals surface area contributed by atoms with Gasteiger partial charge < -0.3 is 15.8 Å². The van der Waals surface area contributed by atoms with E-state index in [4.69, 9.17) is 10.5 Å². The fraction of sp³-hybridized carbons (Fsp3) is 0.188. The second kappa shape index (κ2) is 7.41. The van der Waals surface area contributed by atoms with E-state index < -0.39 is 0 Å². The standard InChI is InChI=1S/C16H16N4O2S2/c1-10-14(12-9-23-15(17)19-12)24-16(18-10)20-13(21)7-8-22-11-5-3-2-4-6-11/h2-6,9H,7-8H2,1H3,(H2,17,19)(H,18,20,21). The summed E-state index contributed by atoms with van der Waals surface area (Å²) < 4.78 is 5.52. The van der Waals surface area contributed by atoms with Crippen LogP contribution in [-0.2, 0) is 4.79 Å². The van der Waals surface area contributed by atoms with Gasteiger partial charge in [-0.3, -0.25) is 4.79 Å². The molecule has 0 atom stereocenters. The van der Waals surface area contributed by atoms with E-state index in [1.54, 1.807) is 0 Å². The van der Waals surface area contributed by atoms with Crippen molar-refractivity contribution < 1.29 is 9.53 Å². The maximum Gasteiger partial charge on any atom is 0.229 e. The van der Waals surface area contributed by atoms with Gasteiger partial charge >= 0.3 is 0 Å². The number of hydrogen-bond donors (Lipinski definition) is 2. The lowest BCUT2D eigenvalue weighted by molar-refractivity contribution is -0.116. The van der Waals surface area contributed by atoms with E-state index in [0.717, 1.165) is 22.0 Å². The number of nitrogen functional groups attached to an aromatic ring is 1. The first-order chi connectivity index (χ1) is 11.6. The second-order valence-electron chi connectivity index (χ2n) is 4.96. The van der Waals surface area contributed by atoms with Crippen LogP contribution in [0.2, 0.25) is 0 Å². The monoisotopic (exact) mass is 360 g/mol. The normalized spacial score (nSPS) is 10.5. The third kappa shape index (κ3) is 4.09. The van der Waals surface area contributed by atoms with Crippen LogP contribution in [0, 0.1) is 6.92 Å². The third-order valence-corrected chi connectivity index (χ3v) is 4.91. The van der Waals surface area contributed by atoms with E-state index in [2.05, 4.69) is 15.3 Å². The van der Waals surface area contributed by atoms with Crippen molar-refractivity contribution in [1.29, 1.82) is 0 Å². The van der Waals surface area contributed by atoms with Crippen LogP contribution in [0.3, 0.4) is 0 Å². The second-order valence-corrected chi connectivity index (χ2v) is 6.85. The van der Waals surface area contributed by atoms with Crippen LogP contribution in [0.4, 0.5) is 10.3 Å². The van der Waals surface area contributed by atoms with Gasteiger partial charge in [-0.1, -0.05) is 29.5 Å². The molecule has 3 rings (SSSR count). The number of aromatic nitrogens is 2. The molecule has 0 fully saturated rings. The van der Waals surface area contributed by atoms with Gasteiger partial charge in [0, 0.05) is 5.38 Å². The predicted molar refractivity (Wildman–Crippen MR) is 97.6 cm³/mol. The van der Waals surface area contributed by atoms with E-state index in [1.807, 2.05) is 42.6 Å². The Bertz CT molecular complexity index is 830. The van der Waals surface area contributed by atoms with Crippen molar-refractivity contribution in [3.05, 3.63) is 41.4 Å². The number of amides is 1. The van der Waals surface area contributed by atoms with Crippen molar-refractivity contribution in [1.82, 2.24) is 9.97 Å². The zero-order valence-electron chi connectivity index (χ0n) is 13.0. The maximum absolute atomic E-state index is 12.0. The Balaban J connectivity index is 1.55. The number of carbonyl (C=O) groups excluding carboxylic acids is 1. The lowest BCUT2D eigenvalue weighted by Gasteiger charge is -2.05. The summed E-state index contributed by atoms with van der Waals surface area (Å²) in [6, 6.07) is 9.40. The number of benzene rings is 1. The Kier molecular flexibility index (Phi) is 5.07. The average Bonchev–Trinajstić information content (AvgIpc) is 3.14. The van der Waals surface area contributed by atoms with Crippen molar-refractivity contribution in [3.8, 4) is 16.3 Å². The highest BCUT2D eigenvalue weighted by Crippen LogP contribution is 2.33. The number of anilines is 2. The molecule has 0 spiro atoms. The molecule has 0 aliphatic rings. The Morgan fingerprint density at radius 3 is 2.79 bits per heavy atom. The molecule has 0 bridgehead atoms. The predicted octanol–water partition coefficient (Wildman–Crippen LogP) is 3.56. The zero-order chi connectivity index (χ0) is 16.9. The fourth-order valence-corrected chi connectivity index (χ4v) is 3.61. The molecule has 6 nitrogen and oxygen atoms in total. The van der Waals surface area contributed by atoms with Crippen LogP contribution >= 0.6 is 22.7 Å². The molecule has 24 heavy (non-hydrogen) atoms. The van der Waals surface area contributed by atoms with Crippen LogP contribution in [0.25, 0.3) is 10.6 Å². The van der Waals surface area contributed by atoms with Crippen molar-refractivity contribution in [2.75, 3.05) is 17.7 Å². The number of nitrogens with two attached hydrogens (primary N) is 1. The van der Waals surface area contributed by atoms with E-state index in [1.165, 1.54) is 22.7 Å². The zero-order valence-corrected chi connectivity index (χ0v) is 14.6. The molecule has 2 aromatic heterocycles. The number of nitrogens with zero attached hydrogens (tertiary/aromatic N) is 2. The Labute approximate surface area is 147 Å². The summed E-state index contributed by atoms with van der Waals surface area (Å²) in [5, 5.41) is 5.75. The van der Waals surface area contributed by atoms with Gasteiger partial charge in [-0.05, 0) is 19.1 Å². The highest BCUT2D eigenvalue weighted by atomic mass is 32.1. The molecule has 8 heteroatoms. The van der Waals surface area contributed by atoms with Gasteiger partial charge in [0.25, 0.3) is 0 Å². The fourth-order valence-electron chi connectivity index (χ4n) is 2.04. The van der Waals surface area contributed by atoms with Crippen molar-refractivity contribution >= 4 is 38.8 Å². The molecule has 0 unspecified atom stereocenters. The molecule has 3 N–H and O–H groups in total. The SMILES string of the molecule is Cc1nc(NC(=O)CCOc2ccccc2)sc1-c1csc(N)n1. The number of para-hydroxylation sites is 1. The molecule has 0 saturated carbocycles. The van der Waals surface area contributed by atoms with Gasteiger partial charge in [0.15, 0.2) is 10.3 Å². The first-order valence-corrected chi connectivity index (χ1v) is 8.98. The van der Waals surface area contributed by atoms with Gasteiger partial charge in [0.05, 0.1) is 29.3 Å². The minimum absolute atomic E-state index is 0.135. The Morgan fingerprint density at radius 2 is 2.08 bits per heavy atom. The summed E-state index contributed by atoms with van der Waals surface area (Å²) in [4.78, 5) is 21.5. The largest absolute Gasteiger partial charge is 0.493 e. The molecular weight excluding hydrogens is 344 g/mol. The van der Waals surface area contributed by atoms with Crippen LogP contribution in [0.1, 0.15) is 12.1 Å². The van der Waals surface area contributed by atoms with Gasteiger partial charge in [-0.2, -0.15) is 0 Å². The third-order valence-electron chi connectivity index (χ3n) is 3.14. The van der Waals surface area contributed by atoms with Gasteiger partial charge in [-0.25, -0.2) is 9.97 Å².